The Balaban J connectivity index is 2.67. The zero-order valence-corrected chi connectivity index (χ0v) is 12.3. The molecule has 1 aromatic carbocycles. The number of carbonyl (C=O) groups is 1. The standard InChI is InChI=1S/C12H16BrNO2S/c1-8(14)10-7-9(13)3-4-11(10)17-6-5-12(15)16-2/h3-4,7-8H,5-6,14H2,1-2H3. The van der Waals surface area contributed by atoms with E-state index in [-0.39, 0.29) is 12.0 Å². The van der Waals surface area contributed by atoms with Crippen molar-refractivity contribution in [3.63, 3.8) is 0 Å². The molecule has 0 aromatic heterocycles. The summed E-state index contributed by atoms with van der Waals surface area (Å²) in [7, 11) is 1.40. The molecule has 0 aliphatic heterocycles. The van der Waals surface area contributed by atoms with Gasteiger partial charge in [0.05, 0.1) is 13.5 Å². The molecule has 0 amide bonds. The van der Waals surface area contributed by atoms with Crippen molar-refractivity contribution < 1.29 is 9.53 Å². The van der Waals surface area contributed by atoms with E-state index in [1.807, 2.05) is 25.1 Å². The number of thioether (sulfide) groups is 1. The second kappa shape index (κ2) is 7.03. The second-order valence-corrected chi connectivity index (χ2v) is 5.70. The minimum absolute atomic E-state index is 0.0203. The fraction of sp³-hybridized carbons (Fsp3) is 0.417. The first kappa shape index (κ1) is 14.5. The summed E-state index contributed by atoms with van der Waals surface area (Å²) in [5.74, 6) is 0.519. The average Bonchev–Trinajstić information content (AvgIpc) is 2.30. The number of ether oxygens (including phenoxy) is 1. The Labute approximate surface area is 114 Å². The fourth-order valence-corrected chi connectivity index (χ4v) is 2.80. The number of hydrogen-bond acceptors (Lipinski definition) is 4. The number of hydrogen-bond donors (Lipinski definition) is 1. The summed E-state index contributed by atoms with van der Waals surface area (Å²) >= 11 is 5.05. The third kappa shape index (κ3) is 4.69. The predicted octanol–water partition coefficient (Wildman–Crippen LogP) is 3.12. The van der Waals surface area contributed by atoms with Crippen molar-refractivity contribution >= 4 is 33.7 Å². The number of esters is 1. The van der Waals surface area contributed by atoms with Crippen LogP contribution in [-0.4, -0.2) is 18.8 Å². The summed E-state index contributed by atoms with van der Waals surface area (Å²) in [5.41, 5.74) is 7.01. The number of nitrogens with two attached hydrogens (primary N) is 1. The van der Waals surface area contributed by atoms with Crippen LogP contribution in [0.3, 0.4) is 0 Å². The highest BCUT2D eigenvalue weighted by atomic mass is 79.9. The first-order valence-corrected chi connectivity index (χ1v) is 7.07. The summed E-state index contributed by atoms with van der Waals surface area (Å²) in [6, 6.07) is 6.00. The van der Waals surface area contributed by atoms with E-state index in [0.717, 1.165) is 14.9 Å². The van der Waals surface area contributed by atoms with E-state index in [2.05, 4.69) is 20.7 Å². The van der Waals surface area contributed by atoms with Gasteiger partial charge in [-0.05, 0) is 30.7 Å². The molecule has 1 aromatic rings. The minimum Gasteiger partial charge on any atom is -0.469 e. The van der Waals surface area contributed by atoms with Crippen LogP contribution >= 0.6 is 27.7 Å². The number of halogens is 1. The Kier molecular flexibility index (Phi) is 6.02. The largest absolute Gasteiger partial charge is 0.469 e. The third-order valence-corrected chi connectivity index (χ3v) is 3.84. The number of rotatable bonds is 5. The first-order valence-electron chi connectivity index (χ1n) is 5.29. The summed E-state index contributed by atoms with van der Waals surface area (Å²) in [5, 5.41) is 0. The van der Waals surface area contributed by atoms with Crippen molar-refractivity contribution in [1.29, 1.82) is 0 Å². The van der Waals surface area contributed by atoms with Gasteiger partial charge in [-0.2, -0.15) is 0 Å². The Morgan fingerprint density at radius 1 is 1.59 bits per heavy atom. The lowest BCUT2D eigenvalue weighted by Crippen LogP contribution is -2.07. The zero-order valence-electron chi connectivity index (χ0n) is 9.90. The molecule has 0 saturated heterocycles. The van der Waals surface area contributed by atoms with Crippen LogP contribution < -0.4 is 5.73 Å². The molecule has 2 N–H and O–H groups in total. The molecule has 0 aliphatic rings. The molecule has 5 heteroatoms. The van der Waals surface area contributed by atoms with Crippen molar-refractivity contribution in [3.05, 3.63) is 28.2 Å². The fourth-order valence-electron chi connectivity index (χ4n) is 1.35. The Morgan fingerprint density at radius 2 is 2.29 bits per heavy atom. The lowest BCUT2D eigenvalue weighted by atomic mass is 10.1. The summed E-state index contributed by atoms with van der Waals surface area (Å²) in [4.78, 5) is 12.1. The van der Waals surface area contributed by atoms with Crippen molar-refractivity contribution in [2.75, 3.05) is 12.9 Å². The summed E-state index contributed by atoms with van der Waals surface area (Å²) in [6.07, 6.45) is 0.412. The van der Waals surface area contributed by atoms with Crippen molar-refractivity contribution in [2.24, 2.45) is 5.73 Å². The van der Waals surface area contributed by atoms with Crippen LogP contribution in [0.2, 0.25) is 0 Å². The van der Waals surface area contributed by atoms with Crippen LogP contribution in [0.15, 0.2) is 27.6 Å². The lowest BCUT2D eigenvalue weighted by molar-refractivity contribution is -0.140. The van der Waals surface area contributed by atoms with Crippen LogP contribution in [0.5, 0.6) is 0 Å². The molecular formula is C12H16BrNO2S. The Bertz CT molecular complexity index is 396. The van der Waals surface area contributed by atoms with E-state index in [1.165, 1.54) is 7.11 Å². The SMILES string of the molecule is COC(=O)CCSc1ccc(Br)cc1C(C)N. The smallest absolute Gasteiger partial charge is 0.306 e. The van der Waals surface area contributed by atoms with Crippen LogP contribution in [0.25, 0.3) is 0 Å². The molecule has 94 valence electrons. The maximum Gasteiger partial charge on any atom is 0.306 e. The molecule has 0 heterocycles. The van der Waals surface area contributed by atoms with E-state index in [0.29, 0.717) is 12.2 Å². The van der Waals surface area contributed by atoms with Gasteiger partial charge >= 0.3 is 5.97 Å². The average molecular weight is 318 g/mol. The van der Waals surface area contributed by atoms with Crippen molar-refractivity contribution in [2.45, 2.75) is 24.3 Å². The second-order valence-electron chi connectivity index (χ2n) is 3.65. The van der Waals surface area contributed by atoms with Gasteiger partial charge in [0, 0.05) is 21.2 Å². The molecule has 0 aliphatic carbocycles. The maximum absolute atomic E-state index is 11.0. The van der Waals surface area contributed by atoms with Crippen molar-refractivity contribution in [3.8, 4) is 0 Å². The maximum atomic E-state index is 11.0. The highest BCUT2D eigenvalue weighted by molar-refractivity contribution is 9.10. The van der Waals surface area contributed by atoms with Gasteiger partial charge in [0.1, 0.15) is 0 Å². The molecule has 0 spiro atoms. The van der Waals surface area contributed by atoms with E-state index in [4.69, 9.17) is 5.73 Å². The van der Waals surface area contributed by atoms with Crippen molar-refractivity contribution in [1.82, 2.24) is 0 Å². The monoisotopic (exact) mass is 317 g/mol. The number of carbonyl (C=O) groups excluding carboxylic acids is 1. The van der Waals surface area contributed by atoms with Gasteiger partial charge in [0.2, 0.25) is 0 Å². The molecule has 17 heavy (non-hydrogen) atoms. The molecule has 1 atom stereocenters. The van der Waals surface area contributed by atoms with Gasteiger partial charge in [0.25, 0.3) is 0 Å². The van der Waals surface area contributed by atoms with Gasteiger partial charge in [-0.3, -0.25) is 4.79 Å². The highest BCUT2D eigenvalue weighted by Crippen LogP contribution is 2.29. The molecule has 0 saturated carbocycles. The lowest BCUT2D eigenvalue weighted by Gasteiger charge is -2.12. The Hall–Kier alpha value is -0.520. The molecule has 0 fully saturated rings. The normalized spacial score (nSPS) is 12.2. The quantitative estimate of drug-likeness (QED) is 0.669. The molecule has 0 radical (unpaired) electrons. The number of benzene rings is 1. The van der Waals surface area contributed by atoms with Gasteiger partial charge < -0.3 is 10.5 Å². The van der Waals surface area contributed by atoms with Crippen LogP contribution in [0, 0.1) is 0 Å². The number of methoxy groups -OCH3 is 1. The summed E-state index contributed by atoms with van der Waals surface area (Å²) < 4.78 is 5.62. The third-order valence-electron chi connectivity index (χ3n) is 2.25. The summed E-state index contributed by atoms with van der Waals surface area (Å²) in [6.45, 7) is 1.95. The van der Waals surface area contributed by atoms with E-state index in [9.17, 15) is 4.79 Å². The highest BCUT2D eigenvalue weighted by Gasteiger charge is 2.09. The van der Waals surface area contributed by atoms with Crippen LogP contribution in [0.1, 0.15) is 24.9 Å². The molecular weight excluding hydrogens is 302 g/mol. The predicted molar refractivity (Wildman–Crippen MR) is 74.1 cm³/mol. The van der Waals surface area contributed by atoms with E-state index < -0.39 is 0 Å². The molecule has 1 unspecified atom stereocenters. The first-order chi connectivity index (χ1) is 8.04. The van der Waals surface area contributed by atoms with Gasteiger partial charge in [-0.1, -0.05) is 15.9 Å². The zero-order chi connectivity index (χ0) is 12.8. The molecule has 0 bridgehead atoms. The van der Waals surface area contributed by atoms with E-state index in [1.54, 1.807) is 11.8 Å². The van der Waals surface area contributed by atoms with Gasteiger partial charge in [0.15, 0.2) is 0 Å². The van der Waals surface area contributed by atoms with Gasteiger partial charge in [-0.15, -0.1) is 11.8 Å². The molecule has 1 rings (SSSR count). The Morgan fingerprint density at radius 3 is 2.88 bits per heavy atom. The van der Waals surface area contributed by atoms with E-state index >= 15 is 0 Å². The minimum atomic E-state index is -0.183. The van der Waals surface area contributed by atoms with Crippen LogP contribution in [-0.2, 0) is 9.53 Å². The van der Waals surface area contributed by atoms with Crippen LogP contribution in [0.4, 0.5) is 0 Å². The van der Waals surface area contributed by atoms with Gasteiger partial charge in [-0.25, -0.2) is 0 Å². The molecule has 3 nitrogen and oxygen atoms in total. The topological polar surface area (TPSA) is 52.3 Å².